The topological polar surface area (TPSA) is 83.5 Å². The number of rotatable bonds is 4. The standard InChI is InChI=1S/C14H13Cl2NO4.ClH/c15-9-2-1-8(7-10(9)16)14(6-4-12(19)20)5-3-11(18)17-13(14)21;/h1-2,7H,3-6H2,(H,19,20)(H,17,18,21);1H. The fourth-order valence-corrected chi connectivity index (χ4v) is 2.82. The second-order valence-corrected chi connectivity index (χ2v) is 5.80. The summed E-state index contributed by atoms with van der Waals surface area (Å²) in [7, 11) is 0. The van der Waals surface area contributed by atoms with Gasteiger partial charge in [0.05, 0.1) is 15.5 Å². The van der Waals surface area contributed by atoms with E-state index >= 15 is 0 Å². The number of imide groups is 1. The Hall–Kier alpha value is -1.30. The van der Waals surface area contributed by atoms with Gasteiger partial charge < -0.3 is 5.11 Å². The van der Waals surface area contributed by atoms with Gasteiger partial charge in [-0.15, -0.1) is 12.4 Å². The van der Waals surface area contributed by atoms with Crippen LogP contribution in [-0.4, -0.2) is 22.9 Å². The van der Waals surface area contributed by atoms with E-state index in [1.165, 1.54) is 0 Å². The van der Waals surface area contributed by atoms with Crippen molar-refractivity contribution in [3.8, 4) is 0 Å². The molecule has 1 atom stereocenters. The summed E-state index contributed by atoms with van der Waals surface area (Å²) in [4.78, 5) is 34.6. The number of benzene rings is 1. The van der Waals surface area contributed by atoms with E-state index < -0.39 is 17.3 Å². The van der Waals surface area contributed by atoms with Gasteiger partial charge in [0.1, 0.15) is 0 Å². The summed E-state index contributed by atoms with van der Waals surface area (Å²) in [5.74, 6) is -1.84. The molecule has 0 radical (unpaired) electrons. The Morgan fingerprint density at radius 3 is 2.50 bits per heavy atom. The van der Waals surface area contributed by atoms with Crippen LogP contribution in [0, 0.1) is 0 Å². The zero-order valence-electron chi connectivity index (χ0n) is 11.4. The number of piperidine rings is 1. The number of nitrogens with one attached hydrogen (secondary N) is 1. The number of carbonyl (C=O) groups excluding carboxylic acids is 2. The Morgan fingerprint density at radius 2 is 1.95 bits per heavy atom. The maximum Gasteiger partial charge on any atom is 0.303 e. The number of carboxylic acids is 1. The largest absolute Gasteiger partial charge is 0.481 e. The predicted octanol–water partition coefficient (Wildman–Crippen LogP) is 2.95. The van der Waals surface area contributed by atoms with Crippen molar-refractivity contribution in [3.05, 3.63) is 33.8 Å². The summed E-state index contributed by atoms with van der Waals surface area (Å²) in [5.41, 5.74) is -0.497. The molecule has 1 fully saturated rings. The average molecular weight is 367 g/mol. The molecule has 2 amide bonds. The van der Waals surface area contributed by atoms with Gasteiger partial charge in [0.15, 0.2) is 0 Å². The minimum Gasteiger partial charge on any atom is -0.481 e. The lowest BCUT2D eigenvalue weighted by Crippen LogP contribution is -2.51. The van der Waals surface area contributed by atoms with Gasteiger partial charge in [0, 0.05) is 12.8 Å². The maximum absolute atomic E-state index is 12.3. The van der Waals surface area contributed by atoms with E-state index in [0.717, 1.165) is 0 Å². The first-order valence-electron chi connectivity index (χ1n) is 6.37. The fourth-order valence-electron chi connectivity index (χ4n) is 2.52. The molecule has 22 heavy (non-hydrogen) atoms. The summed E-state index contributed by atoms with van der Waals surface area (Å²) in [6, 6.07) is 4.76. The first-order chi connectivity index (χ1) is 9.85. The van der Waals surface area contributed by atoms with Gasteiger partial charge in [0.2, 0.25) is 11.8 Å². The van der Waals surface area contributed by atoms with Crippen molar-refractivity contribution in [3.63, 3.8) is 0 Å². The molecule has 1 aromatic rings. The molecule has 1 aliphatic heterocycles. The molecule has 1 saturated heterocycles. The zero-order chi connectivity index (χ0) is 15.6. The first-order valence-corrected chi connectivity index (χ1v) is 7.12. The molecule has 120 valence electrons. The van der Waals surface area contributed by atoms with E-state index in [-0.39, 0.29) is 49.0 Å². The number of halogens is 3. The first kappa shape index (κ1) is 18.7. The van der Waals surface area contributed by atoms with E-state index in [2.05, 4.69) is 5.32 Å². The Balaban J connectivity index is 0.00000242. The highest BCUT2D eigenvalue weighted by Crippen LogP contribution is 2.39. The highest BCUT2D eigenvalue weighted by molar-refractivity contribution is 6.42. The SMILES string of the molecule is Cl.O=C(O)CCC1(c2ccc(Cl)c(Cl)c2)CCC(=O)NC1=O. The van der Waals surface area contributed by atoms with E-state index in [1.54, 1.807) is 18.2 Å². The van der Waals surface area contributed by atoms with Crippen molar-refractivity contribution in [2.24, 2.45) is 0 Å². The molecular weight excluding hydrogens is 353 g/mol. The smallest absolute Gasteiger partial charge is 0.303 e. The summed E-state index contributed by atoms with van der Waals surface area (Å²) >= 11 is 11.9. The average Bonchev–Trinajstić information content (AvgIpc) is 2.41. The van der Waals surface area contributed by atoms with Crippen LogP contribution in [0.15, 0.2) is 18.2 Å². The van der Waals surface area contributed by atoms with Crippen LogP contribution in [0.3, 0.4) is 0 Å². The van der Waals surface area contributed by atoms with Crippen molar-refractivity contribution in [2.45, 2.75) is 31.1 Å². The van der Waals surface area contributed by atoms with E-state index in [0.29, 0.717) is 10.6 Å². The third-order valence-corrected chi connectivity index (χ3v) is 4.44. The number of amides is 2. The maximum atomic E-state index is 12.3. The monoisotopic (exact) mass is 365 g/mol. The Labute approximate surface area is 143 Å². The number of hydrogen-bond donors (Lipinski definition) is 2. The van der Waals surface area contributed by atoms with Crippen molar-refractivity contribution in [1.29, 1.82) is 0 Å². The van der Waals surface area contributed by atoms with E-state index in [9.17, 15) is 14.4 Å². The van der Waals surface area contributed by atoms with Crippen molar-refractivity contribution >= 4 is 53.4 Å². The Morgan fingerprint density at radius 1 is 1.27 bits per heavy atom. The fraction of sp³-hybridized carbons (Fsp3) is 0.357. The Kier molecular flexibility index (Phi) is 6.23. The van der Waals surface area contributed by atoms with Crippen LogP contribution in [-0.2, 0) is 19.8 Å². The molecule has 5 nitrogen and oxygen atoms in total. The molecule has 0 aromatic heterocycles. The van der Waals surface area contributed by atoms with Crippen LogP contribution in [0.5, 0.6) is 0 Å². The van der Waals surface area contributed by atoms with Gasteiger partial charge >= 0.3 is 5.97 Å². The highest BCUT2D eigenvalue weighted by Gasteiger charge is 2.44. The number of aliphatic carboxylic acids is 1. The molecule has 1 aromatic carbocycles. The minimum absolute atomic E-state index is 0. The molecule has 0 aliphatic carbocycles. The molecule has 0 saturated carbocycles. The normalized spacial score (nSPS) is 21.0. The van der Waals surface area contributed by atoms with Crippen molar-refractivity contribution in [1.82, 2.24) is 5.32 Å². The molecule has 0 bridgehead atoms. The summed E-state index contributed by atoms with van der Waals surface area (Å²) in [5, 5.41) is 11.8. The molecular formula is C14H14Cl3NO4. The lowest BCUT2D eigenvalue weighted by atomic mass is 9.70. The van der Waals surface area contributed by atoms with Crippen LogP contribution in [0.1, 0.15) is 31.2 Å². The van der Waals surface area contributed by atoms with Crippen LogP contribution in [0.2, 0.25) is 10.0 Å². The van der Waals surface area contributed by atoms with Gasteiger partial charge in [-0.25, -0.2) is 0 Å². The van der Waals surface area contributed by atoms with Crippen LogP contribution in [0.25, 0.3) is 0 Å². The van der Waals surface area contributed by atoms with Gasteiger partial charge in [0.25, 0.3) is 0 Å². The second-order valence-electron chi connectivity index (χ2n) is 4.98. The van der Waals surface area contributed by atoms with Crippen molar-refractivity contribution in [2.75, 3.05) is 0 Å². The second kappa shape index (κ2) is 7.31. The number of carbonyl (C=O) groups is 3. The summed E-state index contributed by atoms with van der Waals surface area (Å²) < 4.78 is 0. The van der Waals surface area contributed by atoms with Gasteiger partial charge in [-0.05, 0) is 30.5 Å². The highest BCUT2D eigenvalue weighted by atomic mass is 35.5. The quantitative estimate of drug-likeness (QED) is 0.803. The van der Waals surface area contributed by atoms with E-state index in [4.69, 9.17) is 28.3 Å². The van der Waals surface area contributed by atoms with Crippen LogP contribution in [0.4, 0.5) is 0 Å². The third-order valence-electron chi connectivity index (χ3n) is 3.70. The van der Waals surface area contributed by atoms with Crippen molar-refractivity contribution < 1.29 is 19.5 Å². The van der Waals surface area contributed by atoms with Crippen LogP contribution < -0.4 is 5.32 Å². The number of carboxylic acid groups (broad SMARTS) is 1. The Bertz CT molecular complexity index is 620. The molecule has 1 unspecified atom stereocenters. The van der Waals surface area contributed by atoms with Gasteiger partial charge in [-0.3, -0.25) is 19.7 Å². The molecule has 1 heterocycles. The zero-order valence-corrected chi connectivity index (χ0v) is 13.7. The minimum atomic E-state index is -1.07. The predicted molar refractivity (Wildman–Crippen MR) is 84.6 cm³/mol. The lowest BCUT2D eigenvalue weighted by molar-refractivity contribution is -0.139. The van der Waals surface area contributed by atoms with Gasteiger partial charge in [-0.2, -0.15) is 0 Å². The van der Waals surface area contributed by atoms with Crippen LogP contribution >= 0.6 is 35.6 Å². The molecule has 8 heteroatoms. The summed E-state index contributed by atoms with van der Waals surface area (Å²) in [6.45, 7) is 0. The summed E-state index contributed by atoms with van der Waals surface area (Å²) in [6.07, 6.45) is 0.329. The number of hydrogen-bond acceptors (Lipinski definition) is 3. The molecule has 1 aliphatic rings. The molecule has 2 N–H and O–H groups in total. The van der Waals surface area contributed by atoms with Gasteiger partial charge in [-0.1, -0.05) is 29.3 Å². The van der Waals surface area contributed by atoms with E-state index in [1.807, 2.05) is 0 Å². The molecule has 0 spiro atoms. The lowest BCUT2D eigenvalue weighted by Gasteiger charge is -2.35. The third kappa shape index (κ3) is 3.72. The molecule has 2 rings (SSSR count).